The minimum atomic E-state index is -0.242. The molecule has 0 aliphatic carbocycles. The summed E-state index contributed by atoms with van der Waals surface area (Å²) in [7, 11) is 1.68. The fraction of sp³-hybridized carbons (Fsp3) is 0.167. The van der Waals surface area contributed by atoms with Crippen LogP contribution in [0.15, 0.2) is 48.2 Å². The van der Waals surface area contributed by atoms with Gasteiger partial charge in [0.25, 0.3) is 11.5 Å². The Bertz CT molecular complexity index is 983. The Balaban J connectivity index is 2.21. The van der Waals surface area contributed by atoms with E-state index in [1.807, 2.05) is 19.1 Å². The van der Waals surface area contributed by atoms with Gasteiger partial charge in [-0.25, -0.2) is 0 Å². The van der Waals surface area contributed by atoms with Gasteiger partial charge in [-0.2, -0.15) is 0 Å². The second-order valence-electron chi connectivity index (χ2n) is 5.51. The van der Waals surface area contributed by atoms with Gasteiger partial charge < -0.3 is 14.9 Å². The number of aryl methyl sites for hydroxylation is 1. The molecule has 0 aliphatic heterocycles. The van der Waals surface area contributed by atoms with Crippen LogP contribution in [0.3, 0.4) is 0 Å². The van der Waals surface area contributed by atoms with E-state index in [1.165, 1.54) is 4.57 Å². The molecule has 6 nitrogen and oxygen atoms in total. The maximum absolute atomic E-state index is 12.4. The number of aromatic nitrogens is 3. The van der Waals surface area contributed by atoms with Crippen molar-refractivity contribution in [1.82, 2.24) is 19.9 Å². The van der Waals surface area contributed by atoms with Crippen molar-refractivity contribution in [2.45, 2.75) is 6.92 Å². The topological polar surface area (TPSA) is 79.8 Å². The number of aromatic amines is 1. The minimum absolute atomic E-state index is 0.191. The molecular formula is C18H18N4O2. The highest BCUT2D eigenvalue weighted by molar-refractivity contribution is 6.02. The van der Waals surface area contributed by atoms with Crippen molar-refractivity contribution >= 4 is 22.4 Å². The van der Waals surface area contributed by atoms with Crippen LogP contribution in [0.4, 0.5) is 0 Å². The van der Waals surface area contributed by atoms with Crippen LogP contribution in [0.1, 0.15) is 28.5 Å². The third-order valence-corrected chi connectivity index (χ3v) is 3.88. The highest BCUT2D eigenvalue weighted by Crippen LogP contribution is 2.27. The second kappa shape index (κ2) is 6.16. The number of H-pyrrole nitrogens is 1. The molecule has 3 heterocycles. The lowest BCUT2D eigenvalue weighted by atomic mass is 9.99. The summed E-state index contributed by atoms with van der Waals surface area (Å²) in [6, 6.07) is 5.43. The molecule has 122 valence electrons. The zero-order valence-electron chi connectivity index (χ0n) is 13.6. The molecule has 0 aromatic carbocycles. The van der Waals surface area contributed by atoms with Gasteiger partial charge >= 0.3 is 0 Å². The van der Waals surface area contributed by atoms with Gasteiger partial charge in [-0.05, 0) is 24.6 Å². The Hall–Kier alpha value is -3.15. The number of fused-ring (bicyclic) bond motifs is 1. The first-order valence-corrected chi connectivity index (χ1v) is 7.63. The molecule has 0 saturated heterocycles. The molecule has 2 N–H and O–H groups in total. The normalized spacial score (nSPS) is 10.8. The first-order chi connectivity index (χ1) is 11.5. The molecule has 24 heavy (non-hydrogen) atoms. The predicted molar refractivity (Wildman–Crippen MR) is 93.9 cm³/mol. The number of amides is 1. The fourth-order valence-electron chi connectivity index (χ4n) is 2.65. The predicted octanol–water partition coefficient (Wildman–Crippen LogP) is 2.07. The van der Waals surface area contributed by atoms with Crippen molar-refractivity contribution < 1.29 is 4.79 Å². The molecule has 3 rings (SSSR count). The van der Waals surface area contributed by atoms with Crippen molar-refractivity contribution in [3.8, 4) is 0 Å². The van der Waals surface area contributed by atoms with E-state index >= 15 is 0 Å². The molecule has 6 heteroatoms. The summed E-state index contributed by atoms with van der Waals surface area (Å²) in [5, 5.41) is 3.40. The van der Waals surface area contributed by atoms with Gasteiger partial charge in [0.2, 0.25) is 0 Å². The van der Waals surface area contributed by atoms with Crippen molar-refractivity contribution in [3.05, 3.63) is 70.5 Å². The Morgan fingerprint density at radius 3 is 2.92 bits per heavy atom. The van der Waals surface area contributed by atoms with Crippen molar-refractivity contribution in [2.75, 3.05) is 6.54 Å². The maximum Gasteiger partial charge on any atom is 0.274 e. The van der Waals surface area contributed by atoms with E-state index in [-0.39, 0.29) is 11.5 Å². The van der Waals surface area contributed by atoms with E-state index in [9.17, 15) is 9.59 Å². The Kier molecular flexibility index (Phi) is 4.04. The molecule has 0 unspecified atom stereocenters. The molecule has 0 atom stereocenters. The van der Waals surface area contributed by atoms with Crippen molar-refractivity contribution in [3.63, 3.8) is 0 Å². The van der Waals surface area contributed by atoms with Gasteiger partial charge in [-0.1, -0.05) is 12.6 Å². The van der Waals surface area contributed by atoms with Crippen LogP contribution >= 0.6 is 0 Å². The van der Waals surface area contributed by atoms with Crippen LogP contribution in [-0.2, 0) is 7.05 Å². The Labute approximate surface area is 138 Å². The van der Waals surface area contributed by atoms with Crippen LogP contribution in [0.5, 0.6) is 0 Å². The van der Waals surface area contributed by atoms with E-state index < -0.39 is 0 Å². The van der Waals surface area contributed by atoms with Crippen LogP contribution in [0.25, 0.3) is 16.5 Å². The average Bonchev–Trinajstić information content (AvgIpc) is 3.04. The molecule has 3 aromatic heterocycles. The van der Waals surface area contributed by atoms with Gasteiger partial charge in [0.1, 0.15) is 11.2 Å². The summed E-state index contributed by atoms with van der Waals surface area (Å²) in [6.45, 7) is 6.49. The molecule has 0 saturated carbocycles. The number of carbonyl (C=O) groups is 1. The van der Waals surface area contributed by atoms with E-state index in [1.54, 1.807) is 31.7 Å². The van der Waals surface area contributed by atoms with Crippen LogP contribution in [-0.4, -0.2) is 27.0 Å². The monoisotopic (exact) mass is 322 g/mol. The summed E-state index contributed by atoms with van der Waals surface area (Å²) in [5.74, 6) is -0.242. The fourth-order valence-corrected chi connectivity index (χ4v) is 2.65. The zero-order chi connectivity index (χ0) is 17.3. The summed E-state index contributed by atoms with van der Waals surface area (Å²) in [5.41, 5.74) is 2.94. The largest absolute Gasteiger partial charge is 0.351 e. The van der Waals surface area contributed by atoms with Crippen LogP contribution in [0.2, 0.25) is 0 Å². The molecular weight excluding hydrogens is 304 g/mol. The summed E-state index contributed by atoms with van der Waals surface area (Å²) in [4.78, 5) is 31.5. The van der Waals surface area contributed by atoms with Gasteiger partial charge in [0.05, 0.1) is 0 Å². The molecule has 0 fully saturated rings. The molecule has 0 bridgehead atoms. The van der Waals surface area contributed by atoms with Gasteiger partial charge in [-0.3, -0.25) is 14.6 Å². The first-order valence-electron chi connectivity index (χ1n) is 7.63. The van der Waals surface area contributed by atoms with Crippen LogP contribution < -0.4 is 10.9 Å². The van der Waals surface area contributed by atoms with E-state index in [2.05, 4.69) is 21.9 Å². The molecule has 1 amide bonds. The number of nitrogens with one attached hydrogen (secondary N) is 2. The first kappa shape index (κ1) is 15.7. The number of rotatable bonds is 4. The standard InChI is InChI=1S/C18H18N4O2/c1-4-20-17(23)15-8-13-14(10-22(3)18(24)16(13)21-15)11(2)12-6-5-7-19-9-12/h5-10,21H,2,4H2,1,3H3,(H,20,23). The molecule has 0 spiro atoms. The lowest BCUT2D eigenvalue weighted by molar-refractivity contribution is 0.0951. The quantitative estimate of drug-likeness (QED) is 0.772. The molecule has 0 radical (unpaired) electrons. The van der Waals surface area contributed by atoms with Gasteiger partial charge in [0, 0.05) is 48.7 Å². The smallest absolute Gasteiger partial charge is 0.274 e. The summed E-state index contributed by atoms with van der Waals surface area (Å²) in [6.07, 6.45) is 5.14. The highest BCUT2D eigenvalue weighted by atomic mass is 16.2. The maximum atomic E-state index is 12.4. The van der Waals surface area contributed by atoms with Gasteiger partial charge in [0.15, 0.2) is 0 Å². The highest BCUT2D eigenvalue weighted by Gasteiger charge is 2.16. The Morgan fingerprint density at radius 1 is 1.46 bits per heavy atom. The number of pyridine rings is 2. The molecule has 3 aromatic rings. The third kappa shape index (κ3) is 2.62. The lowest BCUT2D eigenvalue weighted by Gasteiger charge is -2.09. The molecule has 0 aliphatic rings. The minimum Gasteiger partial charge on any atom is -0.351 e. The van der Waals surface area contributed by atoms with Crippen molar-refractivity contribution in [1.29, 1.82) is 0 Å². The zero-order valence-corrected chi connectivity index (χ0v) is 13.6. The number of hydrogen-bond donors (Lipinski definition) is 2. The number of nitrogens with zero attached hydrogens (tertiary/aromatic N) is 2. The third-order valence-electron chi connectivity index (χ3n) is 3.88. The van der Waals surface area contributed by atoms with E-state index in [0.29, 0.717) is 23.1 Å². The summed E-state index contributed by atoms with van der Waals surface area (Å²) >= 11 is 0. The Morgan fingerprint density at radius 2 is 2.25 bits per heavy atom. The number of carbonyl (C=O) groups excluding carboxylic acids is 1. The SMILES string of the molecule is C=C(c1cccnc1)c1cn(C)c(=O)c2[nH]c(C(=O)NCC)cc12. The van der Waals surface area contributed by atoms with Crippen molar-refractivity contribution in [2.24, 2.45) is 7.05 Å². The lowest BCUT2D eigenvalue weighted by Crippen LogP contribution is -2.23. The van der Waals surface area contributed by atoms with Crippen LogP contribution in [0, 0.1) is 0 Å². The number of hydrogen-bond acceptors (Lipinski definition) is 3. The summed E-state index contributed by atoms with van der Waals surface area (Å²) < 4.78 is 1.48. The second-order valence-corrected chi connectivity index (χ2v) is 5.51. The van der Waals surface area contributed by atoms with E-state index in [4.69, 9.17) is 0 Å². The van der Waals surface area contributed by atoms with E-state index in [0.717, 1.165) is 16.7 Å². The van der Waals surface area contributed by atoms with Gasteiger partial charge in [-0.15, -0.1) is 0 Å². The average molecular weight is 322 g/mol.